The number of halogens is 1. The Bertz CT molecular complexity index is 647. The maximum atomic E-state index is 12.7. The van der Waals surface area contributed by atoms with Crippen LogP contribution in [0.3, 0.4) is 0 Å². The second-order valence-corrected chi connectivity index (χ2v) is 4.14. The van der Waals surface area contributed by atoms with Crippen molar-refractivity contribution >= 4 is 5.91 Å². The normalized spacial score (nSPS) is 10.2. The number of nitrogens with one attached hydrogen (secondary N) is 1. The molecular formula is C14H13FN2O2. The van der Waals surface area contributed by atoms with Gasteiger partial charge < -0.3 is 9.88 Å². The molecule has 5 heteroatoms. The van der Waals surface area contributed by atoms with Crippen LogP contribution in [0.1, 0.15) is 15.9 Å². The predicted molar refractivity (Wildman–Crippen MR) is 69.3 cm³/mol. The number of pyridine rings is 1. The highest BCUT2D eigenvalue weighted by molar-refractivity contribution is 5.94. The fraction of sp³-hybridized carbons (Fsp3) is 0.143. The molecule has 2 rings (SSSR count). The van der Waals surface area contributed by atoms with Crippen LogP contribution in [-0.4, -0.2) is 10.5 Å². The van der Waals surface area contributed by atoms with Crippen LogP contribution in [0.2, 0.25) is 0 Å². The second kappa shape index (κ2) is 5.48. The number of aryl methyl sites for hydroxylation is 1. The molecule has 19 heavy (non-hydrogen) atoms. The molecule has 1 aromatic carbocycles. The number of carbonyl (C=O) groups is 1. The van der Waals surface area contributed by atoms with E-state index in [1.807, 2.05) is 0 Å². The van der Waals surface area contributed by atoms with Crippen LogP contribution in [0.25, 0.3) is 0 Å². The van der Waals surface area contributed by atoms with Gasteiger partial charge in [-0.1, -0.05) is 6.07 Å². The summed E-state index contributed by atoms with van der Waals surface area (Å²) in [5, 5.41) is 2.63. The quantitative estimate of drug-likeness (QED) is 0.908. The molecule has 1 amide bonds. The SMILES string of the molecule is Cn1cccc(CNC(=O)c2ccc(F)cc2)c1=O. The highest BCUT2D eigenvalue weighted by Gasteiger charge is 2.07. The average Bonchev–Trinajstić information content (AvgIpc) is 2.41. The van der Waals surface area contributed by atoms with Gasteiger partial charge in [0.15, 0.2) is 0 Å². The summed E-state index contributed by atoms with van der Waals surface area (Å²) in [6.45, 7) is 0.143. The molecule has 0 bridgehead atoms. The van der Waals surface area contributed by atoms with Gasteiger partial charge in [0.05, 0.1) is 0 Å². The van der Waals surface area contributed by atoms with Crippen LogP contribution in [0.4, 0.5) is 4.39 Å². The molecular weight excluding hydrogens is 247 g/mol. The third kappa shape index (κ3) is 3.07. The van der Waals surface area contributed by atoms with Gasteiger partial charge in [0.2, 0.25) is 0 Å². The van der Waals surface area contributed by atoms with Crippen molar-refractivity contribution in [2.24, 2.45) is 7.05 Å². The molecule has 98 valence electrons. The van der Waals surface area contributed by atoms with Crippen LogP contribution < -0.4 is 10.9 Å². The Hall–Kier alpha value is -2.43. The molecule has 1 N–H and O–H groups in total. The smallest absolute Gasteiger partial charge is 0.255 e. The highest BCUT2D eigenvalue weighted by atomic mass is 19.1. The first kappa shape index (κ1) is 13.0. The number of amides is 1. The van der Waals surface area contributed by atoms with Gasteiger partial charge in [0.1, 0.15) is 5.82 Å². The molecule has 2 aromatic rings. The lowest BCUT2D eigenvalue weighted by atomic mass is 10.2. The lowest BCUT2D eigenvalue weighted by Gasteiger charge is -2.06. The van der Waals surface area contributed by atoms with E-state index in [2.05, 4.69) is 5.32 Å². The maximum absolute atomic E-state index is 12.7. The first-order valence-corrected chi connectivity index (χ1v) is 5.76. The minimum Gasteiger partial charge on any atom is -0.348 e. The lowest BCUT2D eigenvalue weighted by Crippen LogP contribution is -2.28. The van der Waals surface area contributed by atoms with Crippen molar-refractivity contribution in [2.75, 3.05) is 0 Å². The number of benzene rings is 1. The van der Waals surface area contributed by atoms with Crippen LogP contribution in [-0.2, 0) is 13.6 Å². The van der Waals surface area contributed by atoms with E-state index in [0.717, 1.165) is 0 Å². The van der Waals surface area contributed by atoms with Crippen molar-refractivity contribution in [2.45, 2.75) is 6.54 Å². The highest BCUT2D eigenvalue weighted by Crippen LogP contribution is 2.02. The molecule has 1 heterocycles. The molecule has 0 aliphatic rings. The average molecular weight is 260 g/mol. The van der Waals surface area contributed by atoms with Crippen molar-refractivity contribution in [1.29, 1.82) is 0 Å². The first-order valence-electron chi connectivity index (χ1n) is 5.76. The molecule has 0 saturated carbocycles. The Kier molecular flexibility index (Phi) is 3.75. The number of nitrogens with zero attached hydrogens (tertiary/aromatic N) is 1. The molecule has 1 aromatic heterocycles. The minimum absolute atomic E-state index is 0.143. The lowest BCUT2D eigenvalue weighted by molar-refractivity contribution is 0.0950. The summed E-state index contributed by atoms with van der Waals surface area (Å²) in [6, 6.07) is 8.63. The summed E-state index contributed by atoms with van der Waals surface area (Å²) in [5.74, 6) is -0.737. The Morgan fingerprint density at radius 1 is 1.26 bits per heavy atom. The van der Waals surface area contributed by atoms with Crippen molar-refractivity contribution in [3.05, 3.63) is 69.9 Å². The molecule has 0 spiro atoms. The number of hydrogen-bond acceptors (Lipinski definition) is 2. The summed E-state index contributed by atoms with van der Waals surface area (Å²) in [5.41, 5.74) is 0.705. The maximum Gasteiger partial charge on any atom is 0.255 e. The van der Waals surface area contributed by atoms with Gasteiger partial charge in [-0.05, 0) is 30.3 Å². The van der Waals surface area contributed by atoms with E-state index in [-0.39, 0.29) is 18.0 Å². The second-order valence-electron chi connectivity index (χ2n) is 4.14. The molecule has 0 aliphatic heterocycles. The van der Waals surface area contributed by atoms with Gasteiger partial charge in [-0.2, -0.15) is 0 Å². The number of hydrogen-bond donors (Lipinski definition) is 1. The fourth-order valence-corrected chi connectivity index (χ4v) is 1.67. The van der Waals surface area contributed by atoms with Crippen molar-refractivity contribution in [1.82, 2.24) is 9.88 Å². The van der Waals surface area contributed by atoms with E-state index < -0.39 is 5.82 Å². The van der Waals surface area contributed by atoms with Crippen LogP contribution in [0.15, 0.2) is 47.4 Å². The molecule has 0 aliphatic carbocycles. The number of aromatic nitrogens is 1. The standard InChI is InChI=1S/C14H13FN2O2/c1-17-8-2-3-11(14(17)19)9-16-13(18)10-4-6-12(15)7-5-10/h2-8H,9H2,1H3,(H,16,18). The van der Waals surface area contributed by atoms with Crippen LogP contribution in [0, 0.1) is 5.82 Å². The largest absolute Gasteiger partial charge is 0.348 e. The van der Waals surface area contributed by atoms with Gasteiger partial charge in [-0.15, -0.1) is 0 Å². The minimum atomic E-state index is -0.395. The van der Waals surface area contributed by atoms with Gasteiger partial charge in [-0.3, -0.25) is 9.59 Å². The van der Waals surface area contributed by atoms with Crippen LogP contribution in [0.5, 0.6) is 0 Å². The van der Waals surface area contributed by atoms with E-state index >= 15 is 0 Å². The number of rotatable bonds is 3. The predicted octanol–water partition coefficient (Wildman–Crippen LogP) is 1.45. The van der Waals surface area contributed by atoms with Crippen molar-refractivity contribution in [3.8, 4) is 0 Å². The molecule has 0 saturated heterocycles. The van der Waals surface area contributed by atoms with Crippen molar-refractivity contribution < 1.29 is 9.18 Å². The Morgan fingerprint density at radius 3 is 2.63 bits per heavy atom. The molecule has 4 nitrogen and oxygen atoms in total. The molecule has 0 fully saturated rings. The summed E-state index contributed by atoms with van der Waals surface area (Å²) >= 11 is 0. The van der Waals surface area contributed by atoms with E-state index in [4.69, 9.17) is 0 Å². The zero-order valence-electron chi connectivity index (χ0n) is 10.4. The monoisotopic (exact) mass is 260 g/mol. The van der Waals surface area contributed by atoms with E-state index in [9.17, 15) is 14.0 Å². The van der Waals surface area contributed by atoms with Crippen molar-refractivity contribution in [3.63, 3.8) is 0 Å². The van der Waals surface area contributed by atoms with E-state index in [1.165, 1.54) is 28.8 Å². The summed E-state index contributed by atoms with van der Waals surface area (Å²) in [7, 11) is 1.65. The van der Waals surface area contributed by atoms with Gasteiger partial charge in [-0.25, -0.2) is 4.39 Å². The first-order chi connectivity index (χ1) is 9.08. The van der Waals surface area contributed by atoms with Crippen LogP contribution >= 0.6 is 0 Å². The third-order valence-electron chi connectivity index (χ3n) is 2.75. The van der Waals surface area contributed by atoms with E-state index in [1.54, 1.807) is 25.4 Å². The number of carbonyl (C=O) groups excluding carboxylic acids is 1. The third-order valence-corrected chi connectivity index (χ3v) is 2.75. The Morgan fingerprint density at radius 2 is 1.95 bits per heavy atom. The fourth-order valence-electron chi connectivity index (χ4n) is 1.67. The topological polar surface area (TPSA) is 51.1 Å². The van der Waals surface area contributed by atoms with Gasteiger partial charge in [0.25, 0.3) is 11.5 Å². The molecule has 0 unspecified atom stereocenters. The Labute approximate surface area is 109 Å². The summed E-state index contributed by atoms with van der Waals surface area (Å²) in [6.07, 6.45) is 1.65. The summed E-state index contributed by atoms with van der Waals surface area (Å²) < 4.78 is 14.2. The zero-order valence-corrected chi connectivity index (χ0v) is 10.4. The Balaban J connectivity index is 2.06. The van der Waals surface area contributed by atoms with Gasteiger partial charge in [0, 0.05) is 30.9 Å². The zero-order chi connectivity index (χ0) is 13.8. The molecule has 0 atom stereocenters. The van der Waals surface area contributed by atoms with E-state index in [0.29, 0.717) is 11.1 Å². The summed E-state index contributed by atoms with van der Waals surface area (Å²) in [4.78, 5) is 23.5. The van der Waals surface area contributed by atoms with Gasteiger partial charge >= 0.3 is 0 Å². The molecule has 0 radical (unpaired) electrons.